The smallest absolute Gasteiger partial charge is 0.0710 e. The summed E-state index contributed by atoms with van der Waals surface area (Å²) in [5.74, 6) is 1.49. The topological polar surface area (TPSA) is 35.5 Å². The van der Waals surface area contributed by atoms with Gasteiger partial charge in [0, 0.05) is 12.1 Å². The lowest BCUT2D eigenvalue weighted by molar-refractivity contribution is -0.0255. The highest BCUT2D eigenvalue weighted by Crippen LogP contribution is 2.36. The van der Waals surface area contributed by atoms with Gasteiger partial charge in [0.2, 0.25) is 0 Å². The molecule has 4 atom stereocenters. The molecule has 1 aromatic rings. The molecule has 3 aliphatic rings. The maximum absolute atomic E-state index is 10.7. The molecule has 1 aromatic carbocycles. The Morgan fingerprint density at radius 3 is 2.57 bits per heavy atom. The van der Waals surface area contributed by atoms with Crippen LogP contribution in [0.25, 0.3) is 0 Å². The summed E-state index contributed by atoms with van der Waals surface area (Å²) >= 11 is 0. The van der Waals surface area contributed by atoms with E-state index < -0.39 is 0 Å². The zero-order chi connectivity index (χ0) is 15.6. The lowest BCUT2D eigenvalue weighted by Gasteiger charge is -2.48. The summed E-state index contributed by atoms with van der Waals surface area (Å²) in [6.07, 6.45) is 7.12. The molecule has 2 N–H and O–H groups in total. The van der Waals surface area contributed by atoms with Gasteiger partial charge in [0.15, 0.2) is 0 Å². The number of rotatable bonds is 2. The van der Waals surface area contributed by atoms with Gasteiger partial charge in [-0.25, -0.2) is 0 Å². The molecule has 2 saturated heterocycles. The fourth-order valence-electron chi connectivity index (χ4n) is 5.14. The Morgan fingerprint density at radius 2 is 1.78 bits per heavy atom. The number of nitrogens with zero attached hydrogens (tertiary/aromatic N) is 1. The first-order chi connectivity index (χ1) is 11.3. The highest BCUT2D eigenvalue weighted by atomic mass is 16.3. The molecule has 126 valence electrons. The van der Waals surface area contributed by atoms with E-state index in [1.165, 1.54) is 37.7 Å². The molecule has 0 bridgehead atoms. The predicted octanol–water partition coefficient (Wildman–Crippen LogP) is 2.76. The standard InChI is InChI=1S/C20H30N2O/c23-20-14-18-17(7-4-10-21-18)13-19(20)22-11-8-16(9-12-22)15-5-2-1-3-6-15/h1-3,5-6,16-21,23H,4,7-14H2. The molecule has 3 fully saturated rings. The van der Waals surface area contributed by atoms with Gasteiger partial charge in [-0.2, -0.15) is 0 Å². The third-order valence-corrected chi connectivity index (χ3v) is 6.48. The van der Waals surface area contributed by atoms with Crippen LogP contribution in [-0.4, -0.2) is 47.8 Å². The molecular formula is C20H30N2O. The highest BCUT2D eigenvalue weighted by Gasteiger charge is 2.40. The fourth-order valence-corrected chi connectivity index (χ4v) is 5.14. The average molecular weight is 314 g/mol. The number of likely N-dealkylation sites (tertiary alicyclic amines) is 1. The van der Waals surface area contributed by atoms with Crippen LogP contribution in [0, 0.1) is 5.92 Å². The molecule has 0 amide bonds. The summed E-state index contributed by atoms with van der Waals surface area (Å²) in [6.45, 7) is 3.43. The molecule has 1 saturated carbocycles. The van der Waals surface area contributed by atoms with Crippen molar-refractivity contribution < 1.29 is 5.11 Å². The van der Waals surface area contributed by atoms with Crippen LogP contribution in [0.1, 0.15) is 50.0 Å². The molecule has 0 aromatic heterocycles. The second kappa shape index (κ2) is 6.92. The first-order valence-electron chi connectivity index (χ1n) is 9.51. The SMILES string of the molecule is OC1CC2NCCCC2CC1N1CCC(c2ccccc2)CC1. The quantitative estimate of drug-likeness (QED) is 0.881. The maximum Gasteiger partial charge on any atom is 0.0710 e. The van der Waals surface area contributed by atoms with Crippen LogP contribution in [0.2, 0.25) is 0 Å². The number of hydrogen-bond donors (Lipinski definition) is 2. The van der Waals surface area contributed by atoms with E-state index in [0.717, 1.165) is 32.0 Å². The number of nitrogens with one attached hydrogen (secondary N) is 1. The second-order valence-electron chi connectivity index (χ2n) is 7.79. The van der Waals surface area contributed by atoms with Crippen molar-refractivity contribution in [2.24, 2.45) is 5.92 Å². The van der Waals surface area contributed by atoms with Crippen LogP contribution in [0.5, 0.6) is 0 Å². The number of benzene rings is 1. The molecule has 4 unspecified atom stereocenters. The monoisotopic (exact) mass is 314 g/mol. The van der Waals surface area contributed by atoms with Gasteiger partial charge in [0.05, 0.1) is 6.10 Å². The van der Waals surface area contributed by atoms with Gasteiger partial charge >= 0.3 is 0 Å². The van der Waals surface area contributed by atoms with Crippen molar-refractivity contribution in [3.05, 3.63) is 35.9 Å². The van der Waals surface area contributed by atoms with Gasteiger partial charge in [-0.1, -0.05) is 30.3 Å². The maximum atomic E-state index is 10.7. The minimum absolute atomic E-state index is 0.143. The fraction of sp³-hybridized carbons (Fsp3) is 0.700. The van der Waals surface area contributed by atoms with E-state index in [9.17, 15) is 5.11 Å². The van der Waals surface area contributed by atoms with Gasteiger partial charge in [0.25, 0.3) is 0 Å². The molecular weight excluding hydrogens is 284 g/mol. The predicted molar refractivity (Wildman–Crippen MR) is 93.5 cm³/mol. The van der Waals surface area contributed by atoms with E-state index in [0.29, 0.717) is 18.0 Å². The Labute approximate surface area is 140 Å². The number of fused-ring (bicyclic) bond motifs is 1. The molecule has 0 radical (unpaired) electrons. The molecule has 0 spiro atoms. The van der Waals surface area contributed by atoms with Crippen LogP contribution < -0.4 is 5.32 Å². The summed E-state index contributed by atoms with van der Waals surface area (Å²) < 4.78 is 0. The van der Waals surface area contributed by atoms with Crippen molar-refractivity contribution in [3.8, 4) is 0 Å². The number of hydrogen-bond acceptors (Lipinski definition) is 3. The first kappa shape index (κ1) is 15.6. The van der Waals surface area contributed by atoms with E-state index in [1.54, 1.807) is 0 Å². The molecule has 3 nitrogen and oxygen atoms in total. The Morgan fingerprint density at radius 1 is 1.00 bits per heavy atom. The lowest BCUT2D eigenvalue weighted by Crippen LogP contribution is -2.57. The Bertz CT molecular complexity index is 498. The molecule has 3 heteroatoms. The van der Waals surface area contributed by atoms with E-state index in [4.69, 9.17) is 0 Å². The van der Waals surface area contributed by atoms with Crippen molar-refractivity contribution in [1.82, 2.24) is 10.2 Å². The minimum atomic E-state index is -0.143. The molecule has 4 rings (SSSR count). The van der Waals surface area contributed by atoms with Gasteiger partial charge in [-0.3, -0.25) is 4.90 Å². The van der Waals surface area contributed by atoms with E-state index in [2.05, 4.69) is 40.5 Å². The van der Waals surface area contributed by atoms with Crippen molar-refractivity contribution in [3.63, 3.8) is 0 Å². The zero-order valence-corrected chi connectivity index (χ0v) is 14.0. The van der Waals surface area contributed by atoms with E-state index in [-0.39, 0.29) is 6.10 Å². The summed E-state index contributed by atoms with van der Waals surface area (Å²) in [5, 5.41) is 14.3. The summed E-state index contributed by atoms with van der Waals surface area (Å²) in [5.41, 5.74) is 1.49. The van der Waals surface area contributed by atoms with Crippen LogP contribution in [0.4, 0.5) is 0 Å². The summed E-state index contributed by atoms with van der Waals surface area (Å²) in [6, 6.07) is 11.9. The molecule has 2 aliphatic heterocycles. The molecule has 23 heavy (non-hydrogen) atoms. The summed E-state index contributed by atoms with van der Waals surface area (Å²) in [7, 11) is 0. The highest BCUT2D eigenvalue weighted by molar-refractivity contribution is 5.20. The summed E-state index contributed by atoms with van der Waals surface area (Å²) in [4.78, 5) is 2.59. The second-order valence-corrected chi connectivity index (χ2v) is 7.79. The van der Waals surface area contributed by atoms with Crippen molar-refractivity contribution in [1.29, 1.82) is 0 Å². The van der Waals surface area contributed by atoms with Crippen LogP contribution in [0.15, 0.2) is 30.3 Å². The normalized spacial score (nSPS) is 36.6. The number of aliphatic hydroxyl groups excluding tert-OH is 1. The Kier molecular flexibility index (Phi) is 4.70. The van der Waals surface area contributed by atoms with Crippen LogP contribution in [0.3, 0.4) is 0 Å². The van der Waals surface area contributed by atoms with Crippen molar-refractivity contribution in [2.75, 3.05) is 19.6 Å². The third-order valence-electron chi connectivity index (χ3n) is 6.48. The van der Waals surface area contributed by atoms with Crippen molar-refractivity contribution in [2.45, 2.75) is 62.6 Å². The van der Waals surface area contributed by atoms with Gasteiger partial charge in [0.1, 0.15) is 0 Å². The Balaban J connectivity index is 1.36. The first-order valence-corrected chi connectivity index (χ1v) is 9.51. The van der Waals surface area contributed by atoms with Crippen molar-refractivity contribution >= 4 is 0 Å². The minimum Gasteiger partial charge on any atom is -0.391 e. The zero-order valence-electron chi connectivity index (χ0n) is 14.0. The van der Waals surface area contributed by atoms with Crippen LogP contribution in [-0.2, 0) is 0 Å². The van der Waals surface area contributed by atoms with Gasteiger partial charge < -0.3 is 10.4 Å². The van der Waals surface area contributed by atoms with E-state index in [1.807, 2.05) is 0 Å². The number of piperidine rings is 2. The molecule has 1 aliphatic carbocycles. The van der Waals surface area contributed by atoms with Crippen LogP contribution >= 0.6 is 0 Å². The van der Waals surface area contributed by atoms with Gasteiger partial charge in [-0.05, 0) is 75.6 Å². The average Bonchev–Trinajstić information content (AvgIpc) is 2.62. The van der Waals surface area contributed by atoms with Gasteiger partial charge in [-0.15, -0.1) is 0 Å². The number of aliphatic hydroxyl groups is 1. The molecule has 2 heterocycles. The lowest BCUT2D eigenvalue weighted by atomic mass is 9.74. The largest absolute Gasteiger partial charge is 0.391 e. The Hall–Kier alpha value is -0.900. The third kappa shape index (κ3) is 3.33. The van der Waals surface area contributed by atoms with E-state index >= 15 is 0 Å².